The molecular formula is C19H20BrN3O3. The molecule has 0 aliphatic carbocycles. The molecule has 0 unspecified atom stereocenters. The maximum atomic E-state index is 13.2. The molecule has 0 aromatic heterocycles. The Labute approximate surface area is 160 Å². The van der Waals surface area contributed by atoms with Crippen molar-refractivity contribution in [3.63, 3.8) is 0 Å². The molecule has 1 heterocycles. The van der Waals surface area contributed by atoms with Crippen molar-refractivity contribution in [1.29, 1.82) is 0 Å². The van der Waals surface area contributed by atoms with E-state index in [4.69, 9.17) is 10.5 Å². The molecule has 3 rings (SSSR count). The number of anilines is 2. The molecule has 0 atom stereocenters. The number of nitrogens with one attached hydrogen (secondary N) is 2. The highest BCUT2D eigenvalue weighted by Gasteiger charge is 2.41. The molecule has 7 heteroatoms. The number of halogens is 1. The van der Waals surface area contributed by atoms with Gasteiger partial charge in [-0.05, 0) is 54.8 Å². The van der Waals surface area contributed by atoms with Crippen molar-refractivity contribution >= 4 is 39.2 Å². The lowest BCUT2D eigenvalue weighted by molar-refractivity contribution is -0.125. The van der Waals surface area contributed by atoms with Gasteiger partial charge < -0.3 is 21.1 Å². The Bertz CT molecular complexity index is 785. The van der Waals surface area contributed by atoms with Crippen LogP contribution in [0, 0.1) is 0 Å². The Morgan fingerprint density at radius 1 is 0.923 bits per heavy atom. The number of benzene rings is 2. The van der Waals surface area contributed by atoms with E-state index in [0.29, 0.717) is 37.4 Å². The molecule has 6 nitrogen and oxygen atoms in total. The predicted octanol–water partition coefficient (Wildman–Crippen LogP) is 3.63. The molecule has 1 saturated heterocycles. The minimum Gasteiger partial charge on any atom is -0.381 e. The Morgan fingerprint density at radius 2 is 1.46 bits per heavy atom. The highest BCUT2D eigenvalue weighted by Crippen LogP contribution is 2.36. The lowest BCUT2D eigenvalue weighted by Gasteiger charge is -2.36. The van der Waals surface area contributed by atoms with E-state index in [1.807, 2.05) is 24.3 Å². The van der Waals surface area contributed by atoms with Crippen molar-refractivity contribution in [3.05, 3.63) is 58.6 Å². The van der Waals surface area contributed by atoms with E-state index in [9.17, 15) is 9.59 Å². The molecule has 1 aliphatic rings. The number of ether oxygens (including phenoxy) is 1. The van der Waals surface area contributed by atoms with Crippen molar-refractivity contribution in [1.82, 2.24) is 0 Å². The van der Waals surface area contributed by atoms with Crippen LogP contribution >= 0.6 is 15.9 Å². The predicted molar refractivity (Wildman–Crippen MR) is 104 cm³/mol. The molecule has 0 saturated carbocycles. The van der Waals surface area contributed by atoms with Crippen LogP contribution in [-0.4, -0.2) is 25.2 Å². The third kappa shape index (κ3) is 4.05. The fourth-order valence-corrected chi connectivity index (χ4v) is 3.43. The zero-order valence-electron chi connectivity index (χ0n) is 14.1. The molecule has 136 valence electrons. The first kappa shape index (κ1) is 18.4. The summed E-state index contributed by atoms with van der Waals surface area (Å²) in [7, 11) is 0. The van der Waals surface area contributed by atoms with Crippen molar-refractivity contribution < 1.29 is 14.3 Å². The van der Waals surface area contributed by atoms with Gasteiger partial charge in [-0.3, -0.25) is 4.79 Å². The van der Waals surface area contributed by atoms with Crippen LogP contribution in [0.2, 0.25) is 0 Å². The minimum atomic E-state index is -0.627. The van der Waals surface area contributed by atoms with E-state index in [0.717, 1.165) is 10.0 Å². The largest absolute Gasteiger partial charge is 0.381 e. The maximum absolute atomic E-state index is 13.2. The van der Waals surface area contributed by atoms with Gasteiger partial charge >= 0.3 is 6.03 Å². The monoisotopic (exact) mass is 417 g/mol. The number of carbonyl (C=O) groups excluding carboxylic acids is 2. The van der Waals surface area contributed by atoms with E-state index in [1.54, 1.807) is 24.3 Å². The normalized spacial score (nSPS) is 15.9. The highest BCUT2D eigenvalue weighted by molar-refractivity contribution is 9.10. The van der Waals surface area contributed by atoms with Gasteiger partial charge in [-0.15, -0.1) is 0 Å². The average molecular weight is 418 g/mol. The summed E-state index contributed by atoms with van der Waals surface area (Å²) in [5, 5.41) is 5.49. The summed E-state index contributed by atoms with van der Waals surface area (Å²) in [6.45, 7) is 1.09. The van der Waals surface area contributed by atoms with Crippen LogP contribution in [-0.2, 0) is 14.9 Å². The number of hydrogen-bond donors (Lipinski definition) is 3. The van der Waals surface area contributed by atoms with Crippen molar-refractivity contribution in [3.8, 4) is 0 Å². The van der Waals surface area contributed by atoms with E-state index >= 15 is 0 Å². The third-order valence-electron chi connectivity index (χ3n) is 4.59. The molecule has 3 amide bonds. The first-order valence-electron chi connectivity index (χ1n) is 8.31. The van der Waals surface area contributed by atoms with Gasteiger partial charge in [0.1, 0.15) is 0 Å². The lowest BCUT2D eigenvalue weighted by atomic mass is 9.73. The van der Waals surface area contributed by atoms with Crippen LogP contribution in [0.15, 0.2) is 53.0 Å². The van der Waals surface area contributed by atoms with Gasteiger partial charge in [0.2, 0.25) is 5.91 Å². The van der Waals surface area contributed by atoms with Crippen LogP contribution in [0.4, 0.5) is 16.2 Å². The van der Waals surface area contributed by atoms with Crippen molar-refractivity contribution in [2.75, 3.05) is 23.8 Å². The summed E-state index contributed by atoms with van der Waals surface area (Å²) in [5.41, 5.74) is 6.69. The summed E-state index contributed by atoms with van der Waals surface area (Å²) < 4.78 is 6.46. The van der Waals surface area contributed by atoms with Gasteiger partial charge in [-0.2, -0.15) is 0 Å². The summed E-state index contributed by atoms with van der Waals surface area (Å²) in [5.74, 6) is -0.0567. The van der Waals surface area contributed by atoms with Crippen LogP contribution in [0.25, 0.3) is 0 Å². The van der Waals surface area contributed by atoms with Gasteiger partial charge in [0, 0.05) is 29.1 Å². The molecule has 1 fully saturated rings. The second-order valence-electron chi connectivity index (χ2n) is 6.22. The van der Waals surface area contributed by atoms with Gasteiger partial charge in [-0.1, -0.05) is 28.1 Å². The van der Waals surface area contributed by atoms with Crippen LogP contribution in [0.1, 0.15) is 18.4 Å². The number of amides is 3. The zero-order valence-corrected chi connectivity index (χ0v) is 15.7. The second-order valence-corrected chi connectivity index (χ2v) is 7.14. The molecule has 26 heavy (non-hydrogen) atoms. The van der Waals surface area contributed by atoms with E-state index in [2.05, 4.69) is 26.6 Å². The molecule has 0 bridgehead atoms. The number of urea groups is 1. The average Bonchev–Trinajstić information content (AvgIpc) is 2.64. The fraction of sp³-hybridized carbons (Fsp3) is 0.263. The highest BCUT2D eigenvalue weighted by atomic mass is 79.9. The van der Waals surface area contributed by atoms with E-state index < -0.39 is 11.4 Å². The second kappa shape index (κ2) is 7.88. The summed E-state index contributed by atoms with van der Waals surface area (Å²) in [6.07, 6.45) is 1.25. The van der Waals surface area contributed by atoms with Crippen molar-refractivity contribution in [2.24, 2.45) is 5.73 Å². The van der Waals surface area contributed by atoms with Gasteiger partial charge in [-0.25, -0.2) is 4.79 Å². The van der Waals surface area contributed by atoms with Gasteiger partial charge in [0.05, 0.1) is 5.41 Å². The van der Waals surface area contributed by atoms with Crippen molar-refractivity contribution in [2.45, 2.75) is 18.3 Å². The quantitative estimate of drug-likeness (QED) is 0.708. The lowest BCUT2D eigenvalue weighted by Crippen LogP contribution is -2.44. The standard InChI is InChI=1S/C19H20BrN3O3/c20-14-3-1-13(2-4-14)19(9-11-26-12-10-19)17(24)22-15-5-7-16(8-6-15)23-18(21)25/h1-8H,9-12H2,(H,22,24)(H3,21,23,25). The molecule has 0 spiro atoms. The number of carbonyl (C=O) groups is 2. The molecule has 2 aromatic rings. The summed E-state index contributed by atoms with van der Waals surface area (Å²) >= 11 is 3.44. The van der Waals surface area contributed by atoms with Crippen LogP contribution in [0.3, 0.4) is 0 Å². The SMILES string of the molecule is NC(=O)Nc1ccc(NC(=O)C2(c3ccc(Br)cc3)CCOCC2)cc1. The first-order valence-corrected chi connectivity index (χ1v) is 9.11. The molecule has 0 radical (unpaired) electrons. The van der Waals surface area contributed by atoms with E-state index in [1.165, 1.54) is 0 Å². The molecular weight excluding hydrogens is 398 g/mol. The minimum absolute atomic E-state index is 0.0567. The van der Waals surface area contributed by atoms with Crippen LogP contribution < -0.4 is 16.4 Å². The number of nitrogens with two attached hydrogens (primary N) is 1. The number of primary amides is 1. The number of rotatable bonds is 4. The summed E-state index contributed by atoms with van der Waals surface area (Å²) in [4.78, 5) is 24.1. The molecule has 1 aliphatic heterocycles. The van der Waals surface area contributed by atoms with Gasteiger partial charge in [0.25, 0.3) is 0 Å². The Morgan fingerprint density at radius 3 is 2.00 bits per heavy atom. The Kier molecular flexibility index (Phi) is 5.58. The smallest absolute Gasteiger partial charge is 0.316 e. The van der Waals surface area contributed by atoms with E-state index in [-0.39, 0.29) is 5.91 Å². The maximum Gasteiger partial charge on any atom is 0.316 e. The number of hydrogen-bond acceptors (Lipinski definition) is 3. The Balaban J connectivity index is 1.82. The topological polar surface area (TPSA) is 93.5 Å². The fourth-order valence-electron chi connectivity index (χ4n) is 3.17. The first-order chi connectivity index (χ1) is 12.5. The zero-order chi connectivity index (χ0) is 18.6. The Hall–Kier alpha value is -2.38. The molecule has 2 aromatic carbocycles. The molecule has 4 N–H and O–H groups in total. The third-order valence-corrected chi connectivity index (χ3v) is 5.12. The summed E-state index contributed by atoms with van der Waals surface area (Å²) in [6, 6.07) is 14.1. The van der Waals surface area contributed by atoms with Crippen LogP contribution in [0.5, 0.6) is 0 Å². The van der Waals surface area contributed by atoms with Gasteiger partial charge in [0.15, 0.2) is 0 Å².